The maximum atomic E-state index is 11.2. The Hall–Kier alpha value is -1.51. The monoisotopic (exact) mass is 206 g/mol. The average molecular weight is 206 g/mol. The topological polar surface area (TPSA) is 46.5 Å². The van der Waals surface area contributed by atoms with Gasteiger partial charge in [-0.25, -0.2) is 0 Å². The number of hydrogen-bond acceptors (Lipinski definition) is 3. The summed E-state index contributed by atoms with van der Waals surface area (Å²) in [7, 11) is 0. The lowest BCUT2D eigenvalue weighted by molar-refractivity contribution is 0.287. The third-order valence-electron chi connectivity index (χ3n) is 2.55. The number of aromatic hydroxyl groups is 1. The zero-order chi connectivity index (χ0) is 10.7. The van der Waals surface area contributed by atoms with Crippen LogP contribution in [0.1, 0.15) is 19.3 Å². The van der Waals surface area contributed by atoms with E-state index in [0.717, 1.165) is 12.3 Å². The van der Waals surface area contributed by atoms with Crippen molar-refractivity contribution in [2.24, 2.45) is 5.92 Å². The molecule has 80 valence electrons. The summed E-state index contributed by atoms with van der Waals surface area (Å²) in [6, 6.07) is 6.22. The van der Waals surface area contributed by atoms with E-state index in [0.29, 0.717) is 6.61 Å². The molecule has 1 aliphatic rings. The van der Waals surface area contributed by atoms with Crippen molar-refractivity contribution >= 4 is 0 Å². The summed E-state index contributed by atoms with van der Waals surface area (Å²) in [4.78, 5) is 11.2. The van der Waals surface area contributed by atoms with Crippen molar-refractivity contribution in [3.05, 3.63) is 34.5 Å². The molecule has 0 heterocycles. The molecule has 15 heavy (non-hydrogen) atoms. The Kier molecular flexibility index (Phi) is 2.90. The minimum Gasteiger partial charge on any atom is -0.502 e. The fourth-order valence-electron chi connectivity index (χ4n) is 1.42. The molecular formula is C12H14O3. The summed E-state index contributed by atoms with van der Waals surface area (Å²) < 4.78 is 5.38. The van der Waals surface area contributed by atoms with E-state index < -0.39 is 5.43 Å². The molecule has 2 rings (SSSR count). The normalized spacial score (nSPS) is 14.9. The van der Waals surface area contributed by atoms with Crippen molar-refractivity contribution in [3.8, 4) is 11.5 Å². The van der Waals surface area contributed by atoms with Gasteiger partial charge < -0.3 is 9.84 Å². The maximum absolute atomic E-state index is 11.2. The first-order valence-corrected chi connectivity index (χ1v) is 5.22. The highest BCUT2D eigenvalue weighted by Gasteiger charge is 2.20. The predicted octanol–water partition coefficient (Wildman–Crippen LogP) is 1.93. The minimum absolute atomic E-state index is 0.283. The van der Waals surface area contributed by atoms with Gasteiger partial charge in [0.05, 0.1) is 6.61 Å². The van der Waals surface area contributed by atoms with Crippen LogP contribution in [-0.4, -0.2) is 11.7 Å². The van der Waals surface area contributed by atoms with E-state index in [-0.39, 0.29) is 11.5 Å². The number of hydrogen-bond donors (Lipinski definition) is 1. The molecule has 3 heteroatoms. The van der Waals surface area contributed by atoms with Crippen molar-refractivity contribution < 1.29 is 9.84 Å². The molecule has 0 atom stereocenters. The van der Waals surface area contributed by atoms with Gasteiger partial charge in [0.15, 0.2) is 5.75 Å². The highest BCUT2D eigenvalue weighted by Crippen LogP contribution is 2.32. The van der Waals surface area contributed by atoms with Crippen LogP contribution in [0, 0.1) is 5.92 Å². The molecule has 3 nitrogen and oxygen atoms in total. The lowest BCUT2D eigenvalue weighted by atomic mass is 10.3. The summed E-state index contributed by atoms with van der Waals surface area (Å²) in [6.07, 6.45) is 3.57. The lowest BCUT2D eigenvalue weighted by Crippen LogP contribution is -2.01. The Labute approximate surface area is 88.3 Å². The van der Waals surface area contributed by atoms with Crippen LogP contribution in [0.2, 0.25) is 0 Å². The molecule has 0 radical (unpaired) electrons. The zero-order valence-electron chi connectivity index (χ0n) is 8.48. The Morgan fingerprint density at radius 3 is 2.80 bits per heavy atom. The van der Waals surface area contributed by atoms with Gasteiger partial charge in [-0.2, -0.15) is 0 Å². The molecule has 0 bridgehead atoms. The van der Waals surface area contributed by atoms with Gasteiger partial charge in [0.2, 0.25) is 11.2 Å². The molecule has 0 amide bonds. The fourth-order valence-corrected chi connectivity index (χ4v) is 1.42. The molecule has 0 spiro atoms. The van der Waals surface area contributed by atoms with Crippen LogP contribution in [0.25, 0.3) is 0 Å². The van der Waals surface area contributed by atoms with Crippen LogP contribution in [0.5, 0.6) is 11.5 Å². The van der Waals surface area contributed by atoms with Gasteiger partial charge in [-0.05, 0) is 24.5 Å². The Balaban J connectivity index is 2.03. The standard InChI is InChI=1S/C12H14O3/c13-10-3-1-2-4-11(12(10)14)15-8-7-9-5-6-9/h1-4,9H,5-8H2,(H,13,14). The van der Waals surface area contributed by atoms with Gasteiger partial charge in [0.25, 0.3) is 0 Å². The molecule has 1 aromatic rings. The van der Waals surface area contributed by atoms with Crippen LogP contribution in [0.4, 0.5) is 0 Å². The van der Waals surface area contributed by atoms with Gasteiger partial charge in [0.1, 0.15) is 0 Å². The number of rotatable bonds is 4. The van der Waals surface area contributed by atoms with Crippen LogP contribution in [0.15, 0.2) is 29.1 Å². The molecule has 1 fully saturated rings. The van der Waals surface area contributed by atoms with E-state index in [4.69, 9.17) is 4.74 Å². The molecule has 0 saturated heterocycles. The molecule has 0 aliphatic heterocycles. The summed E-state index contributed by atoms with van der Waals surface area (Å²) in [5, 5.41) is 9.50. The smallest absolute Gasteiger partial charge is 0.224 e. The van der Waals surface area contributed by atoms with Crippen LogP contribution >= 0.6 is 0 Å². The Bertz CT molecular complexity index is 396. The van der Waals surface area contributed by atoms with Gasteiger partial charge in [0, 0.05) is 0 Å². The second-order valence-corrected chi connectivity index (χ2v) is 3.88. The third-order valence-corrected chi connectivity index (χ3v) is 2.55. The van der Waals surface area contributed by atoms with E-state index in [2.05, 4.69) is 0 Å². The average Bonchev–Trinajstić information content (AvgIpc) is 3.03. The minimum atomic E-state index is -0.401. The van der Waals surface area contributed by atoms with Crippen LogP contribution in [-0.2, 0) is 0 Å². The van der Waals surface area contributed by atoms with Crippen LogP contribution in [0.3, 0.4) is 0 Å². The Morgan fingerprint density at radius 2 is 2.07 bits per heavy atom. The van der Waals surface area contributed by atoms with Crippen molar-refractivity contribution in [1.29, 1.82) is 0 Å². The fraction of sp³-hybridized carbons (Fsp3) is 0.417. The van der Waals surface area contributed by atoms with Gasteiger partial charge in [-0.15, -0.1) is 0 Å². The molecule has 1 N–H and O–H groups in total. The quantitative estimate of drug-likeness (QED) is 0.818. The van der Waals surface area contributed by atoms with E-state index >= 15 is 0 Å². The summed E-state index contributed by atoms with van der Waals surface area (Å²) in [6.45, 7) is 0.571. The molecule has 0 aromatic heterocycles. The highest BCUT2D eigenvalue weighted by molar-refractivity contribution is 5.36. The maximum Gasteiger partial charge on any atom is 0.224 e. The lowest BCUT2D eigenvalue weighted by Gasteiger charge is -2.04. The molecular weight excluding hydrogens is 192 g/mol. The van der Waals surface area contributed by atoms with E-state index in [1.54, 1.807) is 18.2 Å². The van der Waals surface area contributed by atoms with Gasteiger partial charge in [-0.1, -0.05) is 25.0 Å². The predicted molar refractivity (Wildman–Crippen MR) is 57.2 cm³/mol. The van der Waals surface area contributed by atoms with Gasteiger partial charge in [-0.3, -0.25) is 4.79 Å². The number of ether oxygens (including phenoxy) is 1. The van der Waals surface area contributed by atoms with Crippen molar-refractivity contribution in [1.82, 2.24) is 0 Å². The first-order chi connectivity index (χ1) is 7.27. The van der Waals surface area contributed by atoms with E-state index in [9.17, 15) is 9.90 Å². The van der Waals surface area contributed by atoms with E-state index in [1.807, 2.05) is 0 Å². The third kappa shape index (κ3) is 2.72. The molecule has 1 saturated carbocycles. The van der Waals surface area contributed by atoms with Crippen molar-refractivity contribution in [2.45, 2.75) is 19.3 Å². The first kappa shape index (κ1) is 10.0. The van der Waals surface area contributed by atoms with Crippen molar-refractivity contribution in [2.75, 3.05) is 6.61 Å². The van der Waals surface area contributed by atoms with Gasteiger partial charge >= 0.3 is 0 Å². The first-order valence-electron chi connectivity index (χ1n) is 5.22. The second kappa shape index (κ2) is 4.34. The molecule has 0 unspecified atom stereocenters. The van der Waals surface area contributed by atoms with Crippen molar-refractivity contribution in [3.63, 3.8) is 0 Å². The summed E-state index contributed by atoms with van der Waals surface area (Å²) >= 11 is 0. The highest BCUT2D eigenvalue weighted by atomic mass is 16.5. The largest absolute Gasteiger partial charge is 0.502 e. The van der Waals surface area contributed by atoms with E-state index in [1.165, 1.54) is 18.9 Å². The summed E-state index contributed by atoms with van der Waals surface area (Å²) in [5.41, 5.74) is -0.401. The van der Waals surface area contributed by atoms with Crippen LogP contribution < -0.4 is 10.2 Å². The SMILES string of the molecule is O=c1ccccc(OCCC2CC2)c1O. The molecule has 1 aromatic carbocycles. The zero-order valence-corrected chi connectivity index (χ0v) is 8.48. The second-order valence-electron chi connectivity index (χ2n) is 3.88. The summed E-state index contributed by atoms with van der Waals surface area (Å²) in [5.74, 6) is 0.776. The molecule has 1 aliphatic carbocycles. The Morgan fingerprint density at radius 1 is 1.33 bits per heavy atom.